The Kier molecular flexibility index (Phi) is 4.32. The van der Waals surface area contributed by atoms with Crippen LogP contribution in [0.5, 0.6) is 0 Å². The standard InChI is InChI=1S/C15H15NO4/c1-2-7-16(8-9-17)15(19)14-10-12(18)11-5-3-4-6-13(11)20-14/h2-6,10,17H,1,7-9H2. The summed E-state index contributed by atoms with van der Waals surface area (Å²) in [6.45, 7) is 3.82. The molecule has 104 valence electrons. The number of rotatable bonds is 5. The Balaban J connectivity index is 2.43. The van der Waals surface area contributed by atoms with E-state index in [1.807, 2.05) is 0 Å². The molecule has 0 atom stereocenters. The Morgan fingerprint density at radius 3 is 2.85 bits per heavy atom. The number of hydrogen-bond acceptors (Lipinski definition) is 4. The van der Waals surface area contributed by atoms with Gasteiger partial charge >= 0.3 is 0 Å². The van der Waals surface area contributed by atoms with E-state index in [0.717, 1.165) is 0 Å². The third-order valence-corrected chi connectivity index (χ3v) is 2.85. The van der Waals surface area contributed by atoms with Gasteiger partial charge in [0.2, 0.25) is 0 Å². The zero-order valence-electron chi connectivity index (χ0n) is 10.9. The zero-order chi connectivity index (χ0) is 14.5. The van der Waals surface area contributed by atoms with E-state index in [9.17, 15) is 9.59 Å². The summed E-state index contributed by atoms with van der Waals surface area (Å²) < 4.78 is 5.47. The molecule has 0 unspecified atom stereocenters. The lowest BCUT2D eigenvalue weighted by atomic mass is 10.2. The summed E-state index contributed by atoms with van der Waals surface area (Å²) in [4.78, 5) is 25.6. The SMILES string of the molecule is C=CCN(CCO)C(=O)c1cc(=O)c2ccccc2o1. The van der Waals surface area contributed by atoms with Crippen LogP contribution in [-0.2, 0) is 0 Å². The van der Waals surface area contributed by atoms with Crippen LogP contribution in [0.25, 0.3) is 11.0 Å². The van der Waals surface area contributed by atoms with Crippen molar-refractivity contribution < 1.29 is 14.3 Å². The molecule has 2 aromatic rings. The number of carbonyl (C=O) groups is 1. The fraction of sp³-hybridized carbons (Fsp3) is 0.200. The fourth-order valence-corrected chi connectivity index (χ4v) is 1.92. The molecule has 5 nitrogen and oxygen atoms in total. The monoisotopic (exact) mass is 273 g/mol. The van der Waals surface area contributed by atoms with Crippen LogP contribution in [0.2, 0.25) is 0 Å². The molecule has 1 N–H and O–H groups in total. The summed E-state index contributed by atoms with van der Waals surface area (Å²) in [5.74, 6) is -0.481. The first-order valence-electron chi connectivity index (χ1n) is 6.21. The summed E-state index contributed by atoms with van der Waals surface area (Å²) in [6, 6.07) is 7.92. The predicted molar refractivity (Wildman–Crippen MR) is 75.7 cm³/mol. The topological polar surface area (TPSA) is 70.8 Å². The van der Waals surface area contributed by atoms with Crippen molar-refractivity contribution in [3.63, 3.8) is 0 Å². The van der Waals surface area contributed by atoms with E-state index in [0.29, 0.717) is 11.0 Å². The number of aliphatic hydroxyl groups is 1. The molecule has 0 radical (unpaired) electrons. The van der Waals surface area contributed by atoms with Crippen LogP contribution in [0.15, 0.2) is 52.2 Å². The van der Waals surface area contributed by atoms with Crippen LogP contribution in [0.1, 0.15) is 10.6 Å². The molecule has 1 aromatic heterocycles. The smallest absolute Gasteiger partial charge is 0.290 e. The number of hydrogen-bond donors (Lipinski definition) is 1. The molecule has 0 aliphatic carbocycles. The molecule has 2 rings (SSSR count). The van der Waals surface area contributed by atoms with Crippen molar-refractivity contribution in [3.8, 4) is 0 Å². The maximum atomic E-state index is 12.3. The maximum absolute atomic E-state index is 12.3. The van der Waals surface area contributed by atoms with Gasteiger partial charge in [-0.2, -0.15) is 0 Å². The molecule has 1 amide bonds. The molecule has 0 fully saturated rings. The van der Waals surface area contributed by atoms with E-state index in [1.54, 1.807) is 30.3 Å². The van der Waals surface area contributed by atoms with Gasteiger partial charge in [-0.3, -0.25) is 9.59 Å². The molecule has 0 spiro atoms. The number of carbonyl (C=O) groups excluding carboxylic acids is 1. The Bertz CT molecular complexity index is 690. The molecule has 0 bridgehead atoms. The highest BCUT2D eigenvalue weighted by molar-refractivity contribution is 5.93. The molecule has 0 aliphatic heterocycles. The van der Waals surface area contributed by atoms with E-state index in [2.05, 4.69) is 6.58 Å². The Hall–Kier alpha value is -2.40. The number of fused-ring (bicyclic) bond motifs is 1. The molecule has 1 heterocycles. The minimum Gasteiger partial charge on any atom is -0.451 e. The van der Waals surface area contributed by atoms with E-state index in [1.165, 1.54) is 11.0 Å². The normalized spacial score (nSPS) is 10.4. The molecule has 0 aliphatic rings. The second-order valence-corrected chi connectivity index (χ2v) is 4.23. The van der Waals surface area contributed by atoms with Gasteiger partial charge in [-0.1, -0.05) is 18.2 Å². The summed E-state index contributed by atoms with van der Waals surface area (Å²) in [5, 5.41) is 9.40. The lowest BCUT2D eigenvalue weighted by Crippen LogP contribution is -2.34. The average molecular weight is 273 g/mol. The van der Waals surface area contributed by atoms with Crippen molar-refractivity contribution in [2.24, 2.45) is 0 Å². The van der Waals surface area contributed by atoms with Gasteiger partial charge in [-0.05, 0) is 12.1 Å². The summed E-state index contributed by atoms with van der Waals surface area (Å²) in [7, 11) is 0. The highest BCUT2D eigenvalue weighted by Gasteiger charge is 2.18. The lowest BCUT2D eigenvalue weighted by Gasteiger charge is -2.19. The molecule has 0 saturated heterocycles. The third kappa shape index (κ3) is 2.78. The van der Waals surface area contributed by atoms with Gasteiger partial charge in [-0.25, -0.2) is 0 Å². The van der Waals surface area contributed by atoms with Gasteiger partial charge in [0.15, 0.2) is 11.2 Å². The van der Waals surface area contributed by atoms with Crippen LogP contribution in [-0.4, -0.2) is 35.6 Å². The average Bonchev–Trinajstić information content (AvgIpc) is 2.46. The first-order chi connectivity index (χ1) is 9.67. The number of nitrogens with zero attached hydrogens (tertiary/aromatic N) is 1. The number of amides is 1. The van der Waals surface area contributed by atoms with Gasteiger partial charge < -0.3 is 14.4 Å². The molecule has 0 saturated carbocycles. The van der Waals surface area contributed by atoms with E-state index in [-0.39, 0.29) is 30.9 Å². The second-order valence-electron chi connectivity index (χ2n) is 4.23. The first-order valence-corrected chi connectivity index (χ1v) is 6.21. The number of aliphatic hydroxyl groups excluding tert-OH is 1. The van der Waals surface area contributed by atoms with Crippen molar-refractivity contribution in [1.82, 2.24) is 4.90 Å². The Morgan fingerprint density at radius 2 is 2.15 bits per heavy atom. The summed E-state index contributed by atoms with van der Waals surface area (Å²) >= 11 is 0. The fourth-order valence-electron chi connectivity index (χ4n) is 1.92. The van der Waals surface area contributed by atoms with Crippen molar-refractivity contribution >= 4 is 16.9 Å². The van der Waals surface area contributed by atoms with Crippen LogP contribution in [0.4, 0.5) is 0 Å². The quantitative estimate of drug-likeness (QED) is 0.836. The van der Waals surface area contributed by atoms with Gasteiger partial charge in [0.25, 0.3) is 5.91 Å². The predicted octanol–water partition coefficient (Wildman–Crippen LogP) is 1.41. The number of benzene rings is 1. The second kappa shape index (κ2) is 6.16. The first kappa shape index (κ1) is 14.0. The van der Waals surface area contributed by atoms with Crippen molar-refractivity contribution in [2.75, 3.05) is 19.7 Å². The molecular weight excluding hydrogens is 258 g/mol. The maximum Gasteiger partial charge on any atom is 0.290 e. The highest BCUT2D eigenvalue weighted by atomic mass is 16.3. The minimum atomic E-state index is -0.443. The van der Waals surface area contributed by atoms with Crippen LogP contribution >= 0.6 is 0 Å². The van der Waals surface area contributed by atoms with Crippen LogP contribution < -0.4 is 5.43 Å². The lowest BCUT2D eigenvalue weighted by molar-refractivity contribution is 0.0712. The molecule has 1 aromatic carbocycles. The Labute approximate surface area is 115 Å². The third-order valence-electron chi connectivity index (χ3n) is 2.85. The molecular formula is C15H15NO4. The van der Waals surface area contributed by atoms with Gasteiger partial charge in [-0.15, -0.1) is 6.58 Å². The molecule has 5 heteroatoms. The van der Waals surface area contributed by atoms with Crippen molar-refractivity contribution in [2.45, 2.75) is 0 Å². The zero-order valence-corrected chi connectivity index (χ0v) is 10.9. The van der Waals surface area contributed by atoms with E-state index < -0.39 is 5.91 Å². The van der Waals surface area contributed by atoms with Crippen LogP contribution in [0, 0.1) is 0 Å². The van der Waals surface area contributed by atoms with Crippen molar-refractivity contribution in [1.29, 1.82) is 0 Å². The Morgan fingerprint density at radius 1 is 1.40 bits per heavy atom. The summed E-state index contributed by atoms with van der Waals surface area (Å²) in [6.07, 6.45) is 1.55. The molecule has 20 heavy (non-hydrogen) atoms. The van der Waals surface area contributed by atoms with Crippen LogP contribution in [0.3, 0.4) is 0 Å². The van der Waals surface area contributed by atoms with Gasteiger partial charge in [0.1, 0.15) is 5.58 Å². The van der Waals surface area contributed by atoms with E-state index >= 15 is 0 Å². The van der Waals surface area contributed by atoms with E-state index in [4.69, 9.17) is 9.52 Å². The minimum absolute atomic E-state index is 0.0380. The highest BCUT2D eigenvalue weighted by Crippen LogP contribution is 2.13. The number of para-hydroxylation sites is 1. The van der Waals surface area contributed by atoms with Crippen molar-refractivity contribution in [3.05, 3.63) is 59.0 Å². The largest absolute Gasteiger partial charge is 0.451 e. The van der Waals surface area contributed by atoms with Gasteiger partial charge in [0, 0.05) is 19.2 Å². The summed E-state index contributed by atoms with van der Waals surface area (Å²) in [5.41, 5.74) is 0.101. The van der Waals surface area contributed by atoms with Gasteiger partial charge in [0.05, 0.1) is 12.0 Å².